The number of hydrogen-bond acceptors (Lipinski definition) is 8. The number of rotatable bonds is 15. The Morgan fingerprint density at radius 2 is 1.66 bits per heavy atom. The molecule has 9 nitrogen and oxygen atoms in total. The number of nitriles is 1. The maximum absolute atomic E-state index is 12.1. The van der Waals surface area contributed by atoms with Gasteiger partial charge in [0.15, 0.2) is 0 Å². The Morgan fingerprint density at radius 1 is 0.887 bits per heavy atom. The number of ether oxygens (including phenoxy) is 3. The molecule has 2 fully saturated rings. The van der Waals surface area contributed by atoms with E-state index >= 15 is 0 Å². The van der Waals surface area contributed by atoms with Gasteiger partial charge in [0.1, 0.15) is 42.6 Å². The normalized spacial score (nSPS) is 16.5. The molecule has 2 aliphatic heterocycles. The van der Waals surface area contributed by atoms with Gasteiger partial charge in [-0.15, -0.1) is 0 Å². The Labute approximate surface area is 322 Å². The summed E-state index contributed by atoms with van der Waals surface area (Å²) in [5.74, 6) is 0.923. The van der Waals surface area contributed by atoms with Crippen LogP contribution < -0.4 is 14.2 Å². The molecule has 3 aromatic carbocycles. The molecule has 0 amide bonds. The summed E-state index contributed by atoms with van der Waals surface area (Å²) in [4.78, 5) is 20.7. The van der Waals surface area contributed by atoms with Gasteiger partial charge in [0.25, 0.3) is 0 Å². The number of carboxylic acid groups (broad SMARTS) is 1. The third kappa shape index (κ3) is 10.0. The van der Waals surface area contributed by atoms with Gasteiger partial charge in [0.05, 0.1) is 22.2 Å². The second kappa shape index (κ2) is 18.6. The SMILES string of the molecule is Cc1c(OCCCN2CCCCC2)cccc1-c1cccc(COc2cc(OCc3cncc(C#N)c3)c(CN3CCCCC3C(=O)O)cc2Cl)c1Cl. The number of aliphatic carboxylic acids is 1. The molecule has 3 heterocycles. The highest BCUT2D eigenvalue weighted by molar-refractivity contribution is 6.34. The first-order valence-corrected chi connectivity index (χ1v) is 19.2. The second-order valence-electron chi connectivity index (χ2n) is 13.8. The van der Waals surface area contributed by atoms with E-state index in [4.69, 9.17) is 37.4 Å². The summed E-state index contributed by atoms with van der Waals surface area (Å²) in [7, 11) is 0. The first-order valence-electron chi connectivity index (χ1n) is 18.4. The topological polar surface area (TPSA) is 108 Å². The molecule has 0 aliphatic carbocycles. The fourth-order valence-corrected chi connectivity index (χ4v) is 7.71. The molecule has 1 N–H and O–H groups in total. The van der Waals surface area contributed by atoms with Gasteiger partial charge >= 0.3 is 5.97 Å². The molecule has 1 aromatic heterocycles. The number of carboxylic acids is 1. The van der Waals surface area contributed by atoms with E-state index in [9.17, 15) is 15.2 Å². The van der Waals surface area contributed by atoms with Crippen LogP contribution in [0.5, 0.6) is 17.2 Å². The zero-order chi connectivity index (χ0) is 37.2. The van der Waals surface area contributed by atoms with E-state index in [1.807, 2.05) is 35.2 Å². The van der Waals surface area contributed by atoms with E-state index in [1.165, 1.54) is 38.5 Å². The Balaban J connectivity index is 1.18. The van der Waals surface area contributed by atoms with Crippen molar-refractivity contribution in [2.45, 2.75) is 77.7 Å². The van der Waals surface area contributed by atoms with E-state index in [2.05, 4.69) is 28.9 Å². The fraction of sp³-hybridized carbons (Fsp3) is 0.405. The molecule has 1 atom stereocenters. The Hall–Kier alpha value is -4.33. The number of pyridine rings is 1. The number of aromatic nitrogens is 1. The van der Waals surface area contributed by atoms with Crippen LogP contribution in [0.15, 0.2) is 67.0 Å². The van der Waals surface area contributed by atoms with Crippen LogP contribution in [0, 0.1) is 18.3 Å². The molecule has 278 valence electrons. The predicted octanol–water partition coefficient (Wildman–Crippen LogP) is 9.09. The van der Waals surface area contributed by atoms with Crippen molar-refractivity contribution in [2.24, 2.45) is 0 Å². The van der Waals surface area contributed by atoms with Gasteiger partial charge in [-0.25, -0.2) is 0 Å². The summed E-state index contributed by atoms with van der Waals surface area (Å²) >= 11 is 13.9. The molecule has 53 heavy (non-hydrogen) atoms. The number of piperidine rings is 2. The van der Waals surface area contributed by atoms with Gasteiger partial charge in [-0.1, -0.05) is 66.4 Å². The van der Waals surface area contributed by atoms with Gasteiger partial charge in [-0.2, -0.15) is 5.26 Å². The van der Waals surface area contributed by atoms with Gasteiger partial charge < -0.3 is 24.2 Å². The van der Waals surface area contributed by atoms with E-state index in [0.717, 1.165) is 64.9 Å². The van der Waals surface area contributed by atoms with Crippen LogP contribution in [0.25, 0.3) is 11.1 Å². The molecule has 0 radical (unpaired) electrons. The van der Waals surface area contributed by atoms with Crippen molar-refractivity contribution < 1.29 is 24.1 Å². The highest BCUT2D eigenvalue weighted by Crippen LogP contribution is 2.39. The first-order chi connectivity index (χ1) is 25.8. The Bertz CT molecular complexity index is 1930. The largest absolute Gasteiger partial charge is 0.493 e. The minimum Gasteiger partial charge on any atom is -0.493 e. The number of halogens is 2. The molecule has 4 aromatic rings. The van der Waals surface area contributed by atoms with Crippen molar-refractivity contribution in [1.29, 1.82) is 5.26 Å². The van der Waals surface area contributed by atoms with Crippen molar-refractivity contribution >= 4 is 29.2 Å². The lowest BCUT2D eigenvalue weighted by Gasteiger charge is -2.33. The van der Waals surface area contributed by atoms with E-state index in [-0.39, 0.29) is 13.2 Å². The van der Waals surface area contributed by atoms with Crippen molar-refractivity contribution in [3.05, 3.63) is 105 Å². The van der Waals surface area contributed by atoms with Gasteiger partial charge in [0, 0.05) is 53.8 Å². The highest BCUT2D eigenvalue weighted by atomic mass is 35.5. The Morgan fingerprint density at radius 3 is 2.47 bits per heavy atom. The van der Waals surface area contributed by atoms with Crippen LogP contribution in [0.1, 0.15) is 72.8 Å². The van der Waals surface area contributed by atoms with E-state index in [1.54, 1.807) is 24.4 Å². The number of carbonyl (C=O) groups is 1. The fourth-order valence-electron chi connectivity index (χ4n) is 7.18. The number of benzene rings is 3. The van der Waals surface area contributed by atoms with Gasteiger partial charge in [0.2, 0.25) is 0 Å². The second-order valence-corrected chi connectivity index (χ2v) is 14.6. The van der Waals surface area contributed by atoms with Crippen LogP contribution in [-0.4, -0.2) is 64.7 Å². The van der Waals surface area contributed by atoms with Gasteiger partial charge in [-0.05, 0) is 88.0 Å². The average molecular weight is 758 g/mol. The minimum atomic E-state index is -0.839. The molecule has 11 heteroatoms. The summed E-state index contributed by atoms with van der Waals surface area (Å²) in [5, 5.41) is 20.2. The zero-order valence-corrected chi connectivity index (χ0v) is 31.7. The lowest BCUT2D eigenvalue weighted by Crippen LogP contribution is -2.44. The van der Waals surface area contributed by atoms with Crippen LogP contribution >= 0.6 is 23.2 Å². The summed E-state index contributed by atoms with van der Waals surface area (Å²) < 4.78 is 18.9. The molecular formula is C42H46Cl2N4O5. The summed E-state index contributed by atoms with van der Waals surface area (Å²) in [5.41, 5.74) is 5.59. The van der Waals surface area contributed by atoms with E-state index in [0.29, 0.717) is 53.2 Å². The minimum absolute atomic E-state index is 0.146. The van der Waals surface area contributed by atoms with Crippen LogP contribution in [-0.2, 0) is 24.6 Å². The van der Waals surface area contributed by atoms with Crippen molar-refractivity contribution in [3.63, 3.8) is 0 Å². The summed E-state index contributed by atoms with van der Waals surface area (Å²) in [6.45, 7) is 7.45. The Kier molecular flexibility index (Phi) is 13.5. The van der Waals surface area contributed by atoms with Crippen LogP contribution in [0.3, 0.4) is 0 Å². The molecule has 2 saturated heterocycles. The van der Waals surface area contributed by atoms with Crippen molar-refractivity contribution in [2.75, 3.05) is 32.8 Å². The highest BCUT2D eigenvalue weighted by Gasteiger charge is 2.29. The summed E-state index contributed by atoms with van der Waals surface area (Å²) in [6.07, 6.45) is 10.4. The van der Waals surface area contributed by atoms with Crippen molar-refractivity contribution in [1.82, 2.24) is 14.8 Å². The molecule has 0 spiro atoms. The molecule has 1 unspecified atom stereocenters. The van der Waals surface area contributed by atoms with E-state index < -0.39 is 12.0 Å². The first kappa shape index (κ1) is 38.4. The van der Waals surface area contributed by atoms with Crippen LogP contribution in [0.2, 0.25) is 10.0 Å². The third-order valence-electron chi connectivity index (χ3n) is 10.1. The smallest absolute Gasteiger partial charge is 0.320 e. The average Bonchev–Trinajstić information content (AvgIpc) is 3.17. The molecule has 6 rings (SSSR count). The quantitative estimate of drug-likeness (QED) is 0.119. The van der Waals surface area contributed by atoms with Crippen LogP contribution in [0.4, 0.5) is 0 Å². The monoisotopic (exact) mass is 756 g/mol. The van der Waals surface area contributed by atoms with Gasteiger partial charge in [-0.3, -0.25) is 14.7 Å². The predicted molar refractivity (Wildman–Crippen MR) is 207 cm³/mol. The zero-order valence-electron chi connectivity index (χ0n) is 30.2. The standard InChI is InChI=1S/C42H46Cl2N4O5/c1-29-34(11-8-14-38(29)51-19-9-17-47-15-4-2-5-16-47)35-12-7-10-32(41(35)44)28-53-40-22-39(52-27-31-20-30(23-45)24-46-25-31)33(21-36(40)43)26-48-18-6-3-13-37(48)42(49)50/h7-8,10-12,14,20-22,24-25,37H,2-6,9,13,15-19,26-28H2,1H3,(H,49,50). The third-order valence-corrected chi connectivity index (χ3v) is 10.8. The summed E-state index contributed by atoms with van der Waals surface area (Å²) in [6, 6.07) is 18.7. The lowest BCUT2D eigenvalue weighted by atomic mass is 9.98. The maximum Gasteiger partial charge on any atom is 0.320 e. The molecule has 0 saturated carbocycles. The number of nitrogens with zero attached hydrogens (tertiary/aromatic N) is 4. The maximum atomic E-state index is 12.1. The lowest BCUT2D eigenvalue weighted by molar-refractivity contribution is -0.144. The molecular weight excluding hydrogens is 711 g/mol. The number of hydrogen-bond donors (Lipinski definition) is 1. The molecule has 0 bridgehead atoms. The molecule has 2 aliphatic rings. The number of likely N-dealkylation sites (tertiary alicyclic amines) is 2. The van der Waals surface area contributed by atoms with Crippen molar-refractivity contribution in [3.8, 4) is 34.4 Å².